The van der Waals surface area contributed by atoms with Crippen molar-refractivity contribution in [2.24, 2.45) is 0 Å². The van der Waals surface area contributed by atoms with Crippen LogP contribution >= 0.6 is 0 Å². The molecule has 2 saturated heterocycles. The highest BCUT2D eigenvalue weighted by atomic mass is 19.1. The van der Waals surface area contributed by atoms with Gasteiger partial charge in [-0.3, -0.25) is 4.79 Å². The number of carbonyl (C=O) groups excluding carboxylic acids is 1. The van der Waals surface area contributed by atoms with E-state index in [0.717, 1.165) is 6.42 Å². The molecule has 2 aliphatic heterocycles. The number of hydrogen-bond acceptors (Lipinski definition) is 8. The average Bonchev–Trinajstić information content (AvgIpc) is 3.36. The van der Waals surface area contributed by atoms with Gasteiger partial charge < -0.3 is 29.4 Å². The molecule has 1 unspecified atom stereocenters. The third-order valence-electron chi connectivity index (χ3n) is 6.17. The zero-order valence-electron chi connectivity index (χ0n) is 20.3. The van der Waals surface area contributed by atoms with E-state index in [0.29, 0.717) is 50.0 Å². The van der Waals surface area contributed by atoms with Crippen molar-refractivity contribution < 1.29 is 18.7 Å². The van der Waals surface area contributed by atoms with Gasteiger partial charge in [0.05, 0.1) is 37.7 Å². The van der Waals surface area contributed by atoms with Crippen LogP contribution < -0.4 is 20.3 Å². The molecular formula is C24H30FN7O3. The normalized spacial score (nSPS) is 18.9. The SMILES string of the molecule is CCOc1nc(N2CC3(CC(NC(C)C)CO3)C2)ncc1C(=O)Nc1cc(F)c2nc(C)cn2c1. The quantitative estimate of drug-likeness (QED) is 0.528. The summed E-state index contributed by atoms with van der Waals surface area (Å²) in [5.41, 5.74) is 1.15. The minimum Gasteiger partial charge on any atom is -0.477 e. The van der Waals surface area contributed by atoms with Crippen LogP contribution in [0.3, 0.4) is 0 Å². The first-order chi connectivity index (χ1) is 16.7. The van der Waals surface area contributed by atoms with Gasteiger partial charge in [0.2, 0.25) is 11.8 Å². The van der Waals surface area contributed by atoms with Crippen LogP contribution in [0.25, 0.3) is 5.65 Å². The number of pyridine rings is 1. The zero-order valence-corrected chi connectivity index (χ0v) is 20.3. The number of carbonyl (C=O) groups is 1. The van der Waals surface area contributed by atoms with Crippen LogP contribution in [0.2, 0.25) is 0 Å². The van der Waals surface area contributed by atoms with Gasteiger partial charge in [0.15, 0.2) is 11.5 Å². The van der Waals surface area contributed by atoms with Crippen molar-refractivity contribution in [3.8, 4) is 5.88 Å². The molecule has 2 fully saturated rings. The van der Waals surface area contributed by atoms with Gasteiger partial charge in [-0.15, -0.1) is 0 Å². The number of anilines is 2. The lowest BCUT2D eigenvalue weighted by atomic mass is 9.89. The third kappa shape index (κ3) is 4.65. The second-order valence-corrected chi connectivity index (χ2v) is 9.54. The molecule has 1 amide bonds. The summed E-state index contributed by atoms with van der Waals surface area (Å²) >= 11 is 0. The summed E-state index contributed by atoms with van der Waals surface area (Å²) in [7, 11) is 0. The van der Waals surface area contributed by atoms with Gasteiger partial charge in [-0.05, 0) is 20.3 Å². The number of nitrogens with zero attached hydrogens (tertiary/aromatic N) is 5. The summed E-state index contributed by atoms with van der Waals surface area (Å²) in [5, 5.41) is 6.24. The second-order valence-electron chi connectivity index (χ2n) is 9.54. The fraction of sp³-hybridized carbons (Fsp3) is 0.500. The summed E-state index contributed by atoms with van der Waals surface area (Å²) in [6, 6.07) is 1.99. The molecule has 2 aliphatic rings. The fourth-order valence-corrected chi connectivity index (χ4v) is 4.79. The summed E-state index contributed by atoms with van der Waals surface area (Å²) in [5.74, 6) is -0.347. The molecule has 1 atom stereocenters. The molecule has 186 valence electrons. The molecule has 2 N–H and O–H groups in total. The van der Waals surface area contributed by atoms with E-state index in [1.807, 2.05) is 11.8 Å². The average molecular weight is 484 g/mol. The van der Waals surface area contributed by atoms with Crippen LogP contribution in [0.15, 0.2) is 24.7 Å². The number of imidazole rings is 1. The standard InChI is InChI=1S/C24H30FN7O3/c1-5-34-22-18(21(33)29-16-6-19(25)20-28-15(4)9-31(20)10-16)8-26-23(30-22)32-12-24(13-32)7-17(11-35-24)27-14(2)3/h6,8-10,14,17,27H,5,7,11-13H2,1-4H3,(H,29,33). The van der Waals surface area contributed by atoms with Crippen molar-refractivity contribution in [3.05, 3.63) is 41.7 Å². The van der Waals surface area contributed by atoms with Crippen LogP contribution in [0.4, 0.5) is 16.0 Å². The Morgan fingerprint density at radius 3 is 2.89 bits per heavy atom. The van der Waals surface area contributed by atoms with Crippen molar-refractivity contribution in [2.45, 2.75) is 51.8 Å². The molecular weight excluding hydrogens is 453 g/mol. The van der Waals surface area contributed by atoms with Crippen molar-refractivity contribution >= 4 is 23.2 Å². The molecule has 1 spiro atoms. The number of rotatable bonds is 7. The summed E-state index contributed by atoms with van der Waals surface area (Å²) in [6.07, 6.45) is 5.68. The van der Waals surface area contributed by atoms with E-state index >= 15 is 0 Å². The van der Waals surface area contributed by atoms with Gasteiger partial charge in [0, 0.05) is 36.7 Å². The Hall–Kier alpha value is -3.31. The lowest BCUT2D eigenvalue weighted by Gasteiger charge is -2.47. The van der Waals surface area contributed by atoms with Crippen LogP contribution in [0, 0.1) is 12.7 Å². The van der Waals surface area contributed by atoms with Gasteiger partial charge in [-0.1, -0.05) is 13.8 Å². The van der Waals surface area contributed by atoms with Crippen molar-refractivity contribution in [3.63, 3.8) is 0 Å². The summed E-state index contributed by atoms with van der Waals surface area (Å²) in [4.78, 5) is 28.1. The number of amides is 1. The van der Waals surface area contributed by atoms with Gasteiger partial charge in [0.1, 0.15) is 11.2 Å². The van der Waals surface area contributed by atoms with Crippen molar-refractivity contribution in [1.29, 1.82) is 0 Å². The minimum atomic E-state index is -0.529. The Bertz CT molecular complexity index is 1260. The number of hydrogen-bond donors (Lipinski definition) is 2. The van der Waals surface area contributed by atoms with E-state index in [4.69, 9.17) is 9.47 Å². The zero-order chi connectivity index (χ0) is 24.7. The van der Waals surface area contributed by atoms with Crippen LogP contribution in [-0.4, -0.2) is 69.2 Å². The first-order valence-corrected chi connectivity index (χ1v) is 11.9. The van der Waals surface area contributed by atoms with E-state index < -0.39 is 11.7 Å². The number of aryl methyl sites for hydroxylation is 1. The largest absolute Gasteiger partial charge is 0.477 e. The Morgan fingerprint density at radius 2 is 2.14 bits per heavy atom. The molecule has 11 heteroatoms. The minimum absolute atomic E-state index is 0.173. The lowest BCUT2D eigenvalue weighted by molar-refractivity contribution is -0.0192. The number of halogens is 1. The predicted octanol–water partition coefficient (Wildman–Crippen LogP) is 2.57. The molecule has 5 rings (SSSR count). The lowest BCUT2D eigenvalue weighted by Crippen LogP contribution is -2.62. The Balaban J connectivity index is 1.30. The highest BCUT2D eigenvalue weighted by molar-refractivity contribution is 6.05. The first-order valence-electron chi connectivity index (χ1n) is 11.9. The van der Waals surface area contributed by atoms with E-state index in [1.54, 1.807) is 19.3 Å². The smallest absolute Gasteiger partial charge is 0.262 e. The Morgan fingerprint density at radius 1 is 1.34 bits per heavy atom. The molecule has 0 radical (unpaired) electrons. The van der Waals surface area contributed by atoms with Crippen molar-refractivity contribution in [1.82, 2.24) is 24.7 Å². The number of aromatic nitrogens is 4. The van der Waals surface area contributed by atoms with Crippen molar-refractivity contribution in [2.75, 3.05) is 36.5 Å². The number of fused-ring (bicyclic) bond motifs is 1. The van der Waals surface area contributed by atoms with E-state index in [-0.39, 0.29) is 28.4 Å². The molecule has 0 saturated carbocycles. The van der Waals surface area contributed by atoms with Crippen LogP contribution in [0.1, 0.15) is 43.2 Å². The molecule has 0 aromatic carbocycles. The molecule has 5 heterocycles. The molecule has 0 bridgehead atoms. The topological polar surface area (TPSA) is 106 Å². The molecule has 10 nitrogen and oxygen atoms in total. The Labute approximate surface area is 202 Å². The Kier molecular flexibility index (Phi) is 6.06. The highest BCUT2D eigenvalue weighted by Crippen LogP contribution is 2.37. The molecule has 3 aromatic rings. The fourth-order valence-electron chi connectivity index (χ4n) is 4.79. The van der Waals surface area contributed by atoms with Gasteiger partial charge >= 0.3 is 0 Å². The molecule has 0 aliphatic carbocycles. The van der Waals surface area contributed by atoms with Gasteiger partial charge in [-0.2, -0.15) is 4.98 Å². The molecule has 3 aromatic heterocycles. The maximum absolute atomic E-state index is 14.4. The van der Waals surface area contributed by atoms with Crippen LogP contribution in [-0.2, 0) is 4.74 Å². The second kappa shape index (κ2) is 9.04. The van der Waals surface area contributed by atoms with Gasteiger partial charge in [-0.25, -0.2) is 14.4 Å². The maximum Gasteiger partial charge on any atom is 0.262 e. The van der Waals surface area contributed by atoms with Crippen LogP contribution in [0.5, 0.6) is 5.88 Å². The number of nitrogens with one attached hydrogen (secondary N) is 2. The maximum atomic E-state index is 14.4. The number of ether oxygens (including phenoxy) is 2. The summed E-state index contributed by atoms with van der Waals surface area (Å²) < 4.78 is 27.7. The highest BCUT2D eigenvalue weighted by Gasteiger charge is 2.50. The van der Waals surface area contributed by atoms with Gasteiger partial charge in [0.25, 0.3) is 5.91 Å². The molecule has 35 heavy (non-hydrogen) atoms. The van der Waals surface area contributed by atoms with E-state index in [9.17, 15) is 9.18 Å². The third-order valence-corrected chi connectivity index (χ3v) is 6.17. The monoisotopic (exact) mass is 483 g/mol. The first kappa shape index (κ1) is 23.4. The van der Waals surface area contributed by atoms with E-state index in [1.165, 1.54) is 16.7 Å². The summed E-state index contributed by atoms with van der Waals surface area (Å²) in [6.45, 7) is 10.3. The van der Waals surface area contributed by atoms with E-state index in [2.05, 4.69) is 39.4 Å². The predicted molar refractivity (Wildman–Crippen MR) is 129 cm³/mol.